The molecule has 0 bridgehead atoms. The molecule has 0 saturated heterocycles. The molecule has 0 fully saturated rings. The second kappa shape index (κ2) is 4.83. The molecule has 0 spiro atoms. The molecule has 2 N–H and O–H groups in total. The van der Waals surface area contributed by atoms with Gasteiger partial charge >= 0.3 is 0 Å². The summed E-state index contributed by atoms with van der Waals surface area (Å²) >= 11 is 0. The third-order valence-corrected chi connectivity index (χ3v) is 5.13. The monoisotopic (exact) mass is 301 g/mol. The lowest BCUT2D eigenvalue weighted by atomic mass is 10.2. The topological polar surface area (TPSA) is 120 Å². The molecule has 0 unspecified atom stereocenters. The SMILES string of the molecule is NS(=O)(=O)CCS(=O)(=O)c1ncnc2ccccc12. The molecule has 0 amide bonds. The highest BCUT2D eigenvalue weighted by molar-refractivity contribution is 7.94. The molecule has 0 saturated carbocycles. The third-order valence-electron chi connectivity index (χ3n) is 2.44. The van der Waals surface area contributed by atoms with Gasteiger partial charge in [-0.15, -0.1) is 0 Å². The van der Waals surface area contributed by atoms with E-state index in [0.717, 1.165) is 6.33 Å². The first-order valence-corrected chi connectivity index (χ1v) is 8.59. The van der Waals surface area contributed by atoms with Crippen LogP contribution in [0.25, 0.3) is 10.9 Å². The fourth-order valence-corrected chi connectivity index (χ4v) is 4.27. The second-order valence-corrected chi connectivity index (χ2v) is 7.64. The summed E-state index contributed by atoms with van der Waals surface area (Å²) in [6, 6.07) is 6.59. The number of sulfonamides is 1. The van der Waals surface area contributed by atoms with Crippen LogP contribution in [0.1, 0.15) is 0 Å². The first-order valence-electron chi connectivity index (χ1n) is 5.22. The molecule has 1 aromatic heterocycles. The van der Waals surface area contributed by atoms with Crippen LogP contribution in [0.4, 0.5) is 0 Å². The Morgan fingerprint density at radius 3 is 2.37 bits per heavy atom. The first-order chi connectivity index (χ1) is 8.80. The molecule has 1 aromatic carbocycles. The zero-order chi connectivity index (χ0) is 14.1. The summed E-state index contributed by atoms with van der Waals surface area (Å²) < 4.78 is 45.9. The fourth-order valence-electron chi connectivity index (χ4n) is 1.55. The Balaban J connectivity index is 2.49. The number of primary sulfonamides is 1. The van der Waals surface area contributed by atoms with Gasteiger partial charge in [-0.2, -0.15) is 0 Å². The molecule has 2 aromatic rings. The molecule has 0 radical (unpaired) electrons. The molecule has 0 aliphatic carbocycles. The summed E-state index contributed by atoms with van der Waals surface area (Å²) in [5.74, 6) is -1.25. The largest absolute Gasteiger partial charge is 0.236 e. The van der Waals surface area contributed by atoms with E-state index in [1.165, 1.54) is 0 Å². The van der Waals surface area contributed by atoms with Crippen LogP contribution >= 0.6 is 0 Å². The van der Waals surface area contributed by atoms with Crippen molar-refractivity contribution in [3.8, 4) is 0 Å². The lowest BCUT2D eigenvalue weighted by Crippen LogP contribution is -2.23. The number of rotatable bonds is 4. The van der Waals surface area contributed by atoms with Gasteiger partial charge in [0.05, 0.1) is 17.0 Å². The highest BCUT2D eigenvalue weighted by Gasteiger charge is 2.21. The predicted molar refractivity (Wildman–Crippen MR) is 69.6 cm³/mol. The summed E-state index contributed by atoms with van der Waals surface area (Å²) in [4.78, 5) is 7.69. The van der Waals surface area contributed by atoms with Crippen LogP contribution < -0.4 is 5.14 Å². The van der Waals surface area contributed by atoms with Gasteiger partial charge in [0.2, 0.25) is 10.0 Å². The van der Waals surface area contributed by atoms with Gasteiger partial charge < -0.3 is 0 Å². The normalized spacial score (nSPS) is 12.7. The van der Waals surface area contributed by atoms with Crippen molar-refractivity contribution in [1.29, 1.82) is 0 Å². The van der Waals surface area contributed by atoms with Gasteiger partial charge in [-0.25, -0.2) is 31.9 Å². The number of aromatic nitrogens is 2. The smallest absolute Gasteiger partial charge is 0.210 e. The Bertz CT molecular complexity index is 810. The van der Waals surface area contributed by atoms with Gasteiger partial charge in [0.1, 0.15) is 6.33 Å². The maximum Gasteiger partial charge on any atom is 0.210 e. The van der Waals surface area contributed by atoms with Crippen molar-refractivity contribution in [2.45, 2.75) is 5.03 Å². The van der Waals surface area contributed by atoms with E-state index in [-0.39, 0.29) is 5.03 Å². The number of hydrogen-bond acceptors (Lipinski definition) is 6. The van der Waals surface area contributed by atoms with E-state index in [1.807, 2.05) is 0 Å². The maximum absolute atomic E-state index is 12.1. The van der Waals surface area contributed by atoms with Gasteiger partial charge in [-0.05, 0) is 12.1 Å². The Hall–Kier alpha value is -1.58. The molecule has 19 heavy (non-hydrogen) atoms. The fraction of sp³-hybridized carbons (Fsp3) is 0.200. The number of nitrogens with two attached hydrogens (primary N) is 1. The number of nitrogens with zero attached hydrogens (tertiary/aromatic N) is 2. The quantitative estimate of drug-likeness (QED) is 0.773. The summed E-state index contributed by atoms with van der Waals surface area (Å²) in [7, 11) is -7.67. The minimum absolute atomic E-state index is 0.179. The Kier molecular flexibility index (Phi) is 3.52. The van der Waals surface area contributed by atoms with Crippen LogP contribution in [0.3, 0.4) is 0 Å². The first kappa shape index (κ1) is 13.8. The lowest BCUT2D eigenvalue weighted by Gasteiger charge is -2.05. The number of sulfone groups is 1. The standard InChI is InChI=1S/C10H11N3O4S2/c11-19(16,17)6-5-18(14,15)10-8-3-1-2-4-9(8)12-7-13-10/h1-4,7H,5-6H2,(H2,11,16,17). The Labute approximate surface area is 110 Å². The number of hydrogen-bond donors (Lipinski definition) is 1. The summed E-state index contributed by atoms with van der Waals surface area (Å²) in [5, 5.41) is 4.99. The Morgan fingerprint density at radius 1 is 1.00 bits per heavy atom. The van der Waals surface area contributed by atoms with Crippen molar-refractivity contribution < 1.29 is 16.8 Å². The summed E-state index contributed by atoms with van der Waals surface area (Å²) in [5.41, 5.74) is 0.478. The minimum Gasteiger partial charge on any atom is -0.236 e. The van der Waals surface area contributed by atoms with Gasteiger partial charge in [-0.1, -0.05) is 12.1 Å². The van der Waals surface area contributed by atoms with Crippen molar-refractivity contribution >= 4 is 30.8 Å². The minimum atomic E-state index is -3.84. The van der Waals surface area contributed by atoms with E-state index in [2.05, 4.69) is 9.97 Å². The lowest BCUT2D eigenvalue weighted by molar-refractivity contribution is 0.587. The average Bonchev–Trinajstić information content (AvgIpc) is 2.35. The van der Waals surface area contributed by atoms with Gasteiger partial charge in [-0.3, -0.25) is 0 Å². The van der Waals surface area contributed by atoms with E-state index in [4.69, 9.17) is 5.14 Å². The second-order valence-electron chi connectivity index (χ2n) is 3.88. The molecule has 102 valence electrons. The molecule has 9 heteroatoms. The number of benzene rings is 1. The van der Waals surface area contributed by atoms with Crippen LogP contribution in [0.5, 0.6) is 0 Å². The zero-order valence-corrected chi connectivity index (χ0v) is 11.4. The van der Waals surface area contributed by atoms with E-state index in [1.54, 1.807) is 24.3 Å². The average molecular weight is 301 g/mol. The van der Waals surface area contributed by atoms with Crippen molar-refractivity contribution in [2.24, 2.45) is 5.14 Å². The summed E-state index contributed by atoms with van der Waals surface area (Å²) in [6.45, 7) is 0. The molecule has 7 nitrogen and oxygen atoms in total. The maximum atomic E-state index is 12.1. The molecule has 2 rings (SSSR count). The van der Waals surface area contributed by atoms with Crippen molar-refractivity contribution in [3.05, 3.63) is 30.6 Å². The molecule has 0 atom stereocenters. The highest BCUT2D eigenvalue weighted by Crippen LogP contribution is 2.19. The van der Waals surface area contributed by atoms with Crippen LogP contribution in [-0.4, -0.2) is 38.3 Å². The Morgan fingerprint density at radius 2 is 1.68 bits per heavy atom. The van der Waals surface area contributed by atoms with Crippen molar-refractivity contribution in [3.63, 3.8) is 0 Å². The summed E-state index contributed by atoms with van der Waals surface area (Å²) in [6.07, 6.45) is 1.13. The van der Waals surface area contributed by atoms with Crippen LogP contribution in [0, 0.1) is 0 Å². The number of para-hydroxylation sites is 1. The third kappa shape index (κ3) is 3.25. The van der Waals surface area contributed by atoms with Gasteiger partial charge in [0.25, 0.3) is 0 Å². The van der Waals surface area contributed by atoms with E-state index >= 15 is 0 Å². The van der Waals surface area contributed by atoms with Crippen LogP contribution in [0.2, 0.25) is 0 Å². The number of fused-ring (bicyclic) bond motifs is 1. The van der Waals surface area contributed by atoms with Gasteiger partial charge in [0, 0.05) is 5.39 Å². The van der Waals surface area contributed by atoms with Gasteiger partial charge in [0.15, 0.2) is 14.9 Å². The van der Waals surface area contributed by atoms with Crippen LogP contribution in [-0.2, 0) is 19.9 Å². The van der Waals surface area contributed by atoms with Crippen LogP contribution in [0.15, 0.2) is 35.6 Å². The molecule has 0 aliphatic rings. The van der Waals surface area contributed by atoms with Crippen molar-refractivity contribution in [2.75, 3.05) is 11.5 Å². The predicted octanol–water partition coefficient (Wildman–Crippen LogP) is -0.308. The highest BCUT2D eigenvalue weighted by atomic mass is 32.2. The van der Waals surface area contributed by atoms with E-state index < -0.39 is 31.4 Å². The molecular formula is C10H11N3O4S2. The zero-order valence-electron chi connectivity index (χ0n) is 9.72. The van der Waals surface area contributed by atoms with Crippen molar-refractivity contribution in [1.82, 2.24) is 9.97 Å². The molecule has 1 heterocycles. The molecular weight excluding hydrogens is 290 g/mol. The van der Waals surface area contributed by atoms with E-state index in [9.17, 15) is 16.8 Å². The molecule has 0 aliphatic heterocycles. The van der Waals surface area contributed by atoms with E-state index in [0.29, 0.717) is 10.9 Å².